The van der Waals surface area contributed by atoms with E-state index in [9.17, 15) is 24.3 Å². The predicted molar refractivity (Wildman–Crippen MR) is 194 cm³/mol. The lowest BCUT2D eigenvalue weighted by Gasteiger charge is -2.37. The van der Waals surface area contributed by atoms with Crippen LogP contribution in [0.2, 0.25) is 18.6 Å². The van der Waals surface area contributed by atoms with Crippen LogP contribution in [0.25, 0.3) is 0 Å². The van der Waals surface area contributed by atoms with Crippen molar-refractivity contribution in [2.75, 3.05) is 23.1 Å². The minimum atomic E-state index is -3.06. The average Bonchev–Trinajstić information content (AvgIpc) is 3.54. The number of carbonyl (C=O) groups is 3. The molecule has 0 radical (unpaired) electrons. The number of nitrogens with zero attached hydrogens (tertiary/aromatic N) is 4. The van der Waals surface area contributed by atoms with E-state index >= 15 is 0 Å². The minimum Gasteiger partial charge on any atom is -0.432 e. The van der Waals surface area contributed by atoms with E-state index in [-0.39, 0.29) is 49.8 Å². The number of carbonyl (C=O) groups excluding carboxylic acids is 3. The molecule has 1 fully saturated rings. The number of anilines is 2. The summed E-state index contributed by atoms with van der Waals surface area (Å²) in [5.74, 6) is -1.13. The predicted octanol–water partition coefficient (Wildman–Crippen LogP) is 4.88. The van der Waals surface area contributed by atoms with Crippen molar-refractivity contribution < 1.29 is 29.0 Å². The summed E-state index contributed by atoms with van der Waals surface area (Å²) in [5.41, 5.74) is 3.64. The molecule has 50 heavy (non-hydrogen) atoms. The average molecular weight is 693 g/mol. The molecule has 260 valence electrons. The van der Waals surface area contributed by atoms with Crippen LogP contribution >= 0.6 is 0 Å². The molecule has 7 rings (SSSR count). The Bertz CT molecular complexity index is 1880. The number of aliphatic hydroxyl groups is 1. The molecule has 0 aliphatic carbocycles. The zero-order chi connectivity index (χ0) is 35.4. The second-order valence-corrected chi connectivity index (χ2v) is 18.4. The van der Waals surface area contributed by atoms with Crippen molar-refractivity contribution in [2.45, 2.75) is 75.5 Å². The molecular formula is C39H44N4O6Si. The minimum absolute atomic E-state index is 0.0501. The Morgan fingerprint density at radius 2 is 1.78 bits per heavy atom. The second kappa shape index (κ2) is 13.0. The molecule has 11 heteroatoms. The first kappa shape index (κ1) is 34.0. The van der Waals surface area contributed by atoms with Crippen molar-refractivity contribution in [3.05, 3.63) is 108 Å². The van der Waals surface area contributed by atoms with Gasteiger partial charge in [-0.25, -0.2) is 5.01 Å². The van der Waals surface area contributed by atoms with Crippen LogP contribution in [0.4, 0.5) is 11.4 Å². The summed E-state index contributed by atoms with van der Waals surface area (Å²) in [6.45, 7) is 9.89. The van der Waals surface area contributed by atoms with Crippen LogP contribution in [-0.2, 0) is 37.7 Å². The van der Waals surface area contributed by atoms with Gasteiger partial charge in [0.25, 0.3) is 5.91 Å². The molecular weight excluding hydrogens is 649 g/mol. The van der Waals surface area contributed by atoms with Gasteiger partial charge >= 0.3 is 0 Å². The highest BCUT2D eigenvalue weighted by Crippen LogP contribution is 2.60. The van der Waals surface area contributed by atoms with Crippen molar-refractivity contribution in [3.8, 4) is 0 Å². The molecule has 1 saturated heterocycles. The maximum absolute atomic E-state index is 14.7. The van der Waals surface area contributed by atoms with Crippen molar-refractivity contribution in [3.63, 3.8) is 0 Å². The van der Waals surface area contributed by atoms with Gasteiger partial charge < -0.3 is 24.4 Å². The van der Waals surface area contributed by atoms with Crippen LogP contribution in [0, 0.1) is 5.92 Å². The highest BCUT2D eigenvalue weighted by molar-refractivity contribution is 6.71. The van der Waals surface area contributed by atoms with E-state index in [2.05, 4.69) is 6.58 Å². The fourth-order valence-corrected chi connectivity index (χ4v) is 11.2. The smallest absolute Gasteiger partial charge is 0.264 e. The molecule has 1 spiro atoms. The van der Waals surface area contributed by atoms with Gasteiger partial charge in [-0.15, -0.1) is 6.58 Å². The van der Waals surface area contributed by atoms with Crippen molar-refractivity contribution >= 4 is 43.1 Å². The molecule has 0 saturated carbocycles. The van der Waals surface area contributed by atoms with Gasteiger partial charge in [0.15, 0.2) is 13.9 Å². The van der Waals surface area contributed by atoms with Crippen molar-refractivity contribution in [2.24, 2.45) is 11.0 Å². The molecule has 2 N–H and O–H groups in total. The summed E-state index contributed by atoms with van der Waals surface area (Å²) in [6.07, 6.45) is 2.20. The van der Waals surface area contributed by atoms with E-state index in [0.29, 0.717) is 36.3 Å². The zero-order valence-electron chi connectivity index (χ0n) is 28.8. The van der Waals surface area contributed by atoms with Crippen LogP contribution in [0.15, 0.2) is 90.6 Å². The van der Waals surface area contributed by atoms with Gasteiger partial charge in [0, 0.05) is 43.0 Å². The van der Waals surface area contributed by atoms with Crippen LogP contribution in [0.1, 0.15) is 48.4 Å². The van der Waals surface area contributed by atoms with E-state index in [0.717, 1.165) is 22.4 Å². The Balaban J connectivity index is 1.27. The fraction of sp³-hybridized carbons (Fsp3) is 0.385. The Labute approximate surface area is 293 Å². The lowest BCUT2D eigenvalue weighted by Crippen LogP contribution is -2.48. The van der Waals surface area contributed by atoms with Crippen LogP contribution < -0.4 is 9.91 Å². The molecule has 4 aliphatic heterocycles. The number of ether oxygens (including phenoxy) is 1. The highest BCUT2D eigenvalue weighted by Gasteiger charge is 2.66. The molecule has 0 bridgehead atoms. The monoisotopic (exact) mass is 692 g/mol. The SMILES string of the molecule is C=CCN1C(=O)[C@]2(O[C@H](CC(=O)N3Cc4ccccc4C[C@H]3CO)[C@@H]([Si](C)(C)O)[C@@H]2C)c2cc(N3N=C(c4ccccc4)CCC3=O)ccc21. The molecule has 5 atom stereocenters. The van der Waals surface area contributed by atoms with Crippen molar-refractivity contribution in [1.82, 2.24) is 4.90 Å². The van der Waals surface area contributed by atoms with Crippen LogP contribution in [0.3, 0.4) is 0 Å². The van der Waals surface area contributed by atoms with E-state index in [1.54, 1.807) is 21.9 Å². The first-order valence-electron chi connectivity index (χ1n) is 17.4. The number of hydrogen-bond acceptors (Lipinski definition) is 7. The summed E-state index contributed by atoms with van der Waals surface area (Å²) >= 11 is 0. The summed E-state index contributed by atoms with van der Waals surface area (Å²) in [6, 6.07) is 22.7. The first-order valence-corrected chi connectivity index (χ1v) is 20.4. The Morgan fingerprint density at radius 3 is 2.48 bits per heavy atom. The molecule has 0 aromatic heterocycles. The number of hydrogen-bond donors (Lipinski definition) is 2. The molecule has 10 nitrogen and oxygen atoms in total. The van der Waals surface area contributed by atoms with Gasteiger partial charge in [0.2, 0.25) is 11.8 Å². The van der Waals surface area contributed by atoms with Gasteiger partial charge in [-0.2, -0.15) is 5.10 Å². The normalized spacial score (nSPS) is 26.3. The number of hydrazone groups is 1. The maximum atomic E-state index is 14.7. The Kier molecular flexibility index (Phi) is 8.88. The summed E-state index contributed by atoms with van der Waals surface area (Å²) in [4.78, 5) is 57.3. The largest absolute Gasteiger partial charge is 0.432 e. The van der Waals surface area contributed by atoms with E-state index in [4.69, 9.17) is 9.84 Å². The van der Waals surface area contributed by atoms with Gasteiger partial charge in [-0.1, -0.05) is 67.6 Å². The topological polar surface area (TPSA) is 123 Å². The second-order valence-electron chi connectivity index (χ2n) is 14.4. The van der Waals surface area contributed by atoms with Gasteiger partial charge in [-0.3, -0.25) is 14.4 Å². The molecule has 4 aliphatic rings. The molecule has 4 heterocycles. The number of rotatable bonds is 8. The van der Waals surface area contributed by atoms with E-state index < -0.39 is 31.5 Å². The highest BCUT2D eigenvalue weighted by atomic mass is 28.4. The maximum Gasteiger partial charge on any atom is 0.264 e. The number of benzene rings is 3. The summed E-state index contributed by atoms with van der Waals surface area (Å²) in [7, 11) is -3.06. The third kappa shape index (κ3) is 5.62. The summed E-state index contributed by atoms with van der Waals surface area (Å²) < 4.78 is 6.94. The number of fused-ring (bicyclic) bond motifs is 3. The summed E-state index contributed by atoms with van der Waals surface area (Å²) in [5, 5.41) is 16.5. The quantitative estimate of drug-likeness (QED) is 0.256. The molecule has 0 unspecified atom stereocenters. The van der Waals surface area contributed by atoms with Gasteiger partial charge in [0.1, 0.15) is 0 Å². The van der Waals surface area contributed by atoms with Gasteiger partial charge in [-0.05, 0) is 54.4 Å². The number of aliphatic hydroxyl groups excluding tert-OH is 1. The molecule has 3 aromatic rings. The van der Waals surface area contributed by atoms with Crippen molar-refractivity contribution in [1.29, 1.82) is 0 Å². The lowest BCUT2D eigenvalue weighted by atomic mass is 9.82. The standard InChI is InChI=1S/C39H44N4O6Si/c1-5-19-41-33-17-15-29(43-35(45)18-16-32(40-43)26-11-7-6-8-12-26)21-31(33)39(38(41)47)25(2)37(50(3,4)48)34(49-39)22-36(46)42-23-28-14-10-9-13-27(28)20-30(42)24-44/h5-15,17,21,25,30,34,37,44,48H,1,16,18-20,22-24H2,2-4H3/t25-,30-,34+,37-,39+/m0/s1. The third-order valence-electron chi connectivity index (χ3n) is 10.9. The number of amides is 3. The van der Waals surface area contributed by atoms with E-state index in [1.807, 2.05) is 86.7 Å². The zero-order valence-corrected chi connectivity index (χ0v) is 29.8. The Hall–Kier alpha value is -4.42. The Morgan fingerprint density at radius 1 is 1.06 bits per heavy atom. The van der Waals surface area contributed by atoms with Crippen LogP contribution in [-0.4, -0.2) is 71.9 Å². The lowest BCUT2D eigenvalue weighted by molar-refractivity contribution is -0.150. The fourth-order valence-electron chi connectivity index (χ4n) is 8.63. The van der Waals surface area contributed by atoms with E-state index in [1.165, 1.54) is 5.01 Å². The first-order chi connectivity index (χ1) is 24.0. The third-order valence-corrected chi connectivity index (χ3v) is 13.4. The van der Waals surface area contributed by atoms with Gasteiger partial charge in [0.05, 0.1) is 42.3 Å². The molecule has 3 amide bonds. The van der Waals surface area contributed by atoms with Crippen LogP contribution in [0.5, 0.6) is 0 Å². The molecule has 3 aromatic carbocycles.